The Balaban J connectivity index is 0.000000500. The van der Waals surface area contributed by atoms with Crippen molar-refractivity contribution in [2.24, 2.45) is 0 Å². The van der Waals surface area contributed by atoms with E-state index in [1.807, 2.05) is 0 Å². The van der Waals surface area contributed by atoms with E-state index in [-0.39, 0.29) is 39.9 Å². The van der Waals surface area contributed by atoms with Crippen molar-refractivity contribution in [3.8, 4) is 0 Å². The molecule has 0 saturated carbocycles. The zero-order chi connectivity index (χ0) is 6.10. The van der Waals surface area contributed by atoms with Crippen LogP contribution in [-0.4, -0.2) is 0 Å². The van der Waals surface area contributed by atoms with Gasteiger partial charge in [0.25, 0.3) is 0 Å². The van der Waals surface area contributed by atoms with Gasteiger partial charge in [-0.25, -0.2) is 0 Å². The first-order chi connectivity index (χ1) is 4.47. The van der Waals surface area contributed by atoms with Crippen LogP contribution in [0.25, 0.3) is 10.8 Å². The van der Waals surface area contributed by atoms with E-state index in [1.54, 1.807) is 0 Å². The first kappa shape index (κ1) is 8.25. The van der Waals surface area contributed by atoms with Gasteiger partial charge in [0.1, 0.15) is 0 Å². The van der Waals surface area contributed by atoms with Crippen molar-refractivity contribution in [2.75, 3.05) is 0 Å². The summed E-state index contributed by atoms with van der Waals surface area (Å²) >= 11 is 0. The van der Waals surface area contributed by atoms with Gasteiger partial charge in [0.15, 0.2) is 0 Å². The Morgan fingerprint density at radius 2 is 1.80 bits per heavy atom. The van der Waals surface area contributed by atoms with Gasteiger partial charge in [0, 0.05) is 39.9 Å². The largest absolute Gasteiger partial charge is 0.168 e. The third-order valence-corrected chi connectivity index (χ3v) is 1.55. The summed E-state index contributed by atoms with van der Waals surface area (Å²) in [6.07, 6.45) is 0. The Morgan fingerprint density at radius 3 is 2.60 bits per heavy atom. The van der Waals surface area contributed by atoms with Gasteiger partial charge in [-0.2, -0.15) is 17.5 Å². The number of hydrogen-bond acceptors (Lipinski definition) is 0. The molecule has 0 nitrogen and oxygen atoms in total. The second-order valence-corrected chi connectivity index (χ2v) is 2.15. The van der Waals surface area contributed by atoms with Crippen LogP contribution in [0.3, 0.4) is 0 Å². The topological polar surface area (TPSA) is 0 Å². The smallest absolute Gasteiger partial charge is 0 e. The Labute approximate surface area is 92.3 Å². The predicted molar refractivity (Wildman–Crippen MR) is 39.5 cm³/mol. The van der Waals surface area contributed by atoms with Crippen molar-refractivity contribution in [3.05, 3.63) is 42.5 Å². The molecule has 0 atom stereocenters. The molecular weight excluding hydrogens is 340 g/mol. The minimum absolute atomic E-state index is 0. The van der Waals surface area contributed by atoms with E-state index in [9.17, 15) is 0 Å². The van der Waals surface area contributed by atoms with Crippen molar-refractivity contribution in [1.82, 2.24) is 0 Å². The van der Waals surface area contributed by atoms with Crippen molar-refractivity contribution < 1.29 is 39.9 Å². The van der Waals surface area contributed by atoms with Crippen LogP contribution in [0.15, 0.2) is 42.5 Å². The summed E-state index contributed by atoms with van der Waals surface area (Å²) in [5, 5.41) is 2.66. The van der Waals surface area contributed by atoms with Crippen LogP contribution >= 0.6 is 0 Å². The Morgan fingerprint density at radius 1 is 1.00 bits per heavy atom. The quantitative estimate of drug-likeness (QED) is 0.643. The molecule has 0 aliphatic rings. The van der Waals surface area contributed by atoms with Crippen LogP contribution in [-0.2, 0) is 0 Å². The minimum Gasteiger partial charge on any atom is -0.168 e. The molecule has 10 heavy (non-hydrogen) atoms. The van der Waals surface area contributed by atoms with Crippen LogP contribution in [0.1, 0.15) is 0 Å². The maximum atomic E-state index is 2.12. The van der Waals surface area contributed by atoms with Gasteiger partial charge in [0.2, 0.25) is 0 Å². The third kappa shape index (κ3) is 1.42. The molecule has 0 heterocycles. The van der Waals surface area contributed by atoms with E-state index in [0.717, 1.165) is 0 Å². The molecule has 0 radical (unpaired) electrons. The van der Waals surface area contributed by atoms with Gasteiger partial charge in [-0.15, -0.1) is 29.7 Å². The van der Waals surface area contributed by atoms with Gasteiger partial charge >= 0.3 is 0 Å². The zero-order valence-electron chi connectivity index (χ0n) is 5.54. The summed E-state index contributed by atoms with van der Waals surface area (Å²) in [5.74, 6) is 0. The fourth-order valence-electron chi connectivity index (χ4n) is 1.07. The molecule has 0 N–H and O–H groups in total. The van der Waals surface area contributed by atoms with E-state index in [4.69, 9.17) is 0 Å². The molecule has 0 fully saturated rings. The van der Waals surface area contributed by atoms with Gasteiger partial charge < -0.3 is 0 Å². The monoisotopic (exact) mass is 347 g/mol. The molecule has 0 amide bonds. The van der Waals surface area contributed by atoms with Crippen LogP contribution in [0.2, 0.25) is 0 Å². The fraction of sp³-hybridized carbons (Fsp3) is 0. The third-order valence-electron chi connectivity index (χ3n) is 1.55. The molecule has 0 aromatic heterocycles. The van der Waals surface area contributed by atoms with Crippen molar-refractivity contribution in [1.29, 1.82) is 0 Å². The molecule has 1 heteroatoms. The molecule has 0 aliphatic carbocycles. The molecule has 0 spiro atoms. The number of fused-ring (bicyclic) bond motifs is 1. The molecule has 0 aliphatic heterocycles. The SMILES string of the molecule is [Th].c1ccc2[cH-]ccc2c1. The predicted octanol–water partition coefficient (Wildman–Crippen LogP) is 2.56. The van der Waals surface area contributed by atoms with Crippen LogP contribution < -0.4 is 0 Å². The second-order valence-electron chi connectivity index (χ2n) is 2.15. The molecule has 2 aromatic rings. The summed E-state index contributed by atoms with van der Waals surface area (Å²) < 4.78 is 0. The van der Waals surface area contributed by atoms with Crippen molar-refractivity contribution in [3.63, 3.8) is 0 Å². The summed E-state index contributed by atoms with van der Waals surface area (Å²) in [6.45, 7) is 0. The summed E-state index contributed by atoms with van der Waals surface area (Å²) in [5.41, 5.74) is 0. The van der Waals surface area contributed by atoms with Gasteiger partial charge in [-0.05, 0) is 0 Å². The maximum absolute atomic E-state index is 2.12. The van der Waals surface area contributed by atoms with Gasteiger partial charge in [-0.1, -0.05) is 6.07 Å². The van der Waals surface area contributed by atoms with Gasteiger partial charge in [0.05, 0.1) is 0 Å². The van der Waals surface area contributed by atoms with Gasteiger partial charge in [-0.3, -0.25) is 0 Å². The molecular formula is C9H7Th-. The molecule has 0 saturated heterocycles. The number of rotatable bonds is 0. The Hall–Kier alpha value is 0.155. The zero-order valence-corrected chi connectivity index (χ0v) is 9.65. The first-order valence-corrected chi connectivity index (χ1v) is 3.07. The Bertz CT molecular complexity index is 279. The first-order valence-electron chi connectivity index (χ1n) is 3.07. The van der Waals surface area contributed by atoms with E-state index in [1.165, 1.54) is 10.8 Å². The fourth-order valence-corrected chi connectivity index (χ4v) is 1.07. The summed E-state index contributed by atoms with van der Waals surface area (Å²) in [6, 6.07) is 14.7. The second kappa shape index (κ2) is 3.52. The minimum atomic E-state index is 0. The molecule has 2 aromatic carbocycles. The van der Waals surface area contributed by atoms with E-state index >= 15 is 0 Å². The molecule has 48 valence electrons. The van der Waals surface area contributed by atoms with E-state index in [0.29, 0.717) is 0 Å². The van der Waals surface area contributed by atoms with Crippen LogP contribution in [0, 0.1) is 39.9 Å². The molecule has 2 rings (SSSR count). The van der Waals surface area contributed by atoms with E-state index < -0.39 is 0 Å². The molecule has 0 bridgehead atoms. The summed E-state index contributed by atoms with van der Waals surface area (Å²) in [7, 11) is 0. The van der Waals surface area contributed by atoms with Crippen LogP contribution in [0.4, 0.5) is 0 Å². The Kier molecular flexibility index (Phi) is 2.90. The normalized spacial score (nSPS) is 9.20. The van der Waals surface area contributed by atoms with Crippen molar-refractivity contribution in [2.45, 2.75) is 0 Å². The number of benzene rings is 1. The molecule has 0 unspecified atom stereocenters. The maximum Gasteiger partial charge on any atom is 0 e. The van der Waals surface area contributed by atoms with E-state index in [2.05, 4.69) is 42.5 Å². The van der Waals surface area contributed by atoms with Crippen LogP contribution in [0.5, 0.6) is 0 Å². The average Bonchev–Trinajstić information content (AvgIpc) is 2.33. The average molecular weight is 347 g/mol. The standard InChI is InChI=1S/C9H7.Th/c1-2-5-9-7-3-6-8(9)4-1;/h1-7H;/q-1;. The van der Waals surface area contributed by atoms with Crippen molar-refractivity contribution >= 4 is 10.8 Å². The number of hydrogen-bond donors (Lipinski definition) is 0. The summed E-state index contributed by atoms with van der Waals surface area (Å²) in [4.78, 5) is 0.